The SMILES string of the molecule is O=C(NCCn1ccnn1)C1CCCN1C1CCNCC1. The van der Waals surface area contributed by atoms with Crippen molar-refractivity contribution in [1.29, 1.82) is 0 Å². The van der Waals surface area contributed by atoms with E-state index in [0.717, 1.165) is 45.3 Å². The van der Waals surface area contributed by atoms with Crippen LogP contribution in [0.4, 0.5) is 0 Å². The van der Waals surface area contributed by atoms with E-state index in [1.54, 1.807) is 10.9 Å². The molecule has 2 saturated heterocycles. The molecule has 0 aliphatic carbocycles. The molecule has 1 unspecified atom stereocenters. The van der Waals surface area contributed by atoms with Crippen LogP contribution in [0.25, 0.3) is 0 Å². The van der Waals surface area contributed by atoms with Crippen LogP contribution in [0.2, 0.25) is 0 Å². The first-order valence-corrected chi connectivity index (χ1v) is 7.93. The highest BCUT2D eigenvalue weighted by Gasteiger charge is 2.35. The molecule has 2 aliphatic heterocycles. The Morgan fingerprint density at radius 1 is 1.33 bits per heavy atom. The van der Waals surface area contributed by atoms with Crippen LogP contribution in [0.5, 0.6) is 0 Å². The number of nitrogens with one attached hydrogen (secondary N) is 2. The van der Waals surface area contributed by atoms with Gasteiger partial charge in [-0.3, -0.25) is 14.4 Å². The minimum atomic E-state index is 0.0591. The van der Waals surface area contributed by atoms with Crippen molar-refractivity contribution in [1.82, 2.24) is 30.5 Å². The van der Waals surface area contributed by atoms with Crippen LogP contribution in [-0.4, -0.2) is 64.1 Å². The van der Waals surface area contributed by atoms with Crippen molar-refractivity contribution >= 4 is 5.91 Å². The second kappa shape index (κ2) is 7.00. The first-order chi connectivity index (χ1) is 10.3. The first kappa shape index (κ1) is 14.5. The lowest BCUT2D eigenvalue weighted by atomic mass is 10.0. The molecule has 3 rings (SSSR count). The average Bonchev–Trinajstić information content (AvgIpc) is 3.19. The van der Waals surface area contributed by atoms with E-state index in [2.05, 4.69) is 25.8 Å². The number of nitrogens with zero attached hydrogens (tertiary/aromatic N) is 4. The number of carbonyl (C=O) groups is 1. The standard InChI is InChI=1S/C14H24N6O/c21-14(16-7-10-19-11-8-17-18-19)13-2-1-9-20(13)12-3-5-15-6-4-12/h8,11-13,15H,1-7,9-10H2,(H,16,21). The van der Waals surface area contributed by atoms with Gasteiger partial charge in [0, 0.05) is 18.8 Å². The first-order valence-electron chi connectivity index (χ1n) is 7.93. The van der Waals surface area contributed by atoms with Crippen molar-refractivity contribution in [3.8, 4) is 0 Å². The molecule has 3 heterocycles. The second-order valence-electron chi connectivity index (χ2n) is 5.83. The minimum Gasteiger partial charge on any atom is -0.353 e. The molecule has 0 spiro atoms. The molecule has 1 aromatic rings. The summed E-state index contributed by atoms with van der Waals surface area (Å²) in [4.78, 5) is 14.8. The van der Waals surface area contributed by atoms with Gasteiger partial charge in [-0.25, -0.2) is 0 Å². The van der Waals surface area contributed by atoms with E-state index in [9.17, 15) is 4.79 Å². The van der Waals surface area contributed by atoms with E-state index in [-0.39, 0.29) is 11.9 Å². The van der Waals surface area contributed by atoms with Crippen molar-refractivity contribution in [3.05, 3.63) is 12.4 Å². The van der Waals surface area contributed by atoms with Crippen LogP contribution in [0.3, 0.4) is 0 Å². The van der Waals surface area contributed by atoms with Gasteiger partial charge in [0.1, 0.15) is 0 Å². The summed E-state index contributed by atoms with van der Waals surface area (Å²) in [6.07, 6.45) is 7.89. The van der Waals surface area contributed by atoms with Gasteiger partial charge in [0.15, 0.2) is 0 Å². The van der Waals surface area contributed by atoms with Gasteiger partial charge in [0.2, 0.25) is 5.91 Å². The molecule has 7 nitrogen and oxygen atoms in total. The number of hydrogen-bond acceptors (Lipinski definition) is 5. The third-order valence-electron chi connectivity index (χ3n) is 4.49. The van der Waals surface area contributed by atoms with Crippen LogP contribution in [0.1, 0.15) is 25.7 Å². The van der Waals surface area contributed by atoms with Crippen molar-refractivity contribution in [2.75, 3.05) is 26.2 Å². The summed E-state index contributed by atoms with van der Waals surface area (Å²) in [5, 5.41) is 14.1. The van der Waals surface area contributed by atoms with Crippen molar-refractivity contribution in [3.63, 3.8) is 0 Å². The molecule has 7 heteroatoms. The Hall–Kier alpha value is -1.47. The highest BCUT2D eigenvalue weighted by atomic mass is 16.2. The Morgan fingerprint density at radius 2 is 2.19 bits per heavy atom. The summed E-state index contributed by atoms with van der Waals surface area (Å²) in [6, 6.07) is 0.628. The molecule has 0 aromatic carbocycles. The molecular formula is C14H24N6O. The highest BCUT2D eigenvalue weighted by molar-refractivity contribution is 5.82. The Kier molecular flexibility index (Phi) is 4.82. The van der Waals surface area contributed by atoms with E-state index in [1.165, 1.54) is 0 Å². The van der Waals surface area contributed by atoms with Crippen LogP contribution < -0.4 is 10.6 Å². The molecule has 1 atom stereocenters. The predicted octanol–water partition coefficient (Wildman–Crippen LogP) is -0.389. The van der Waals surface area contributed by atoms with Gasteiger partial charge in [-0.15, -0.1) is 5.10 Å². The lowest BCUT2D eigenvalue weighted by molar-refractivity contribution is -0.126. The Morgan fingerprint density at radius 3 is 2.95 bits per heavy atom. The smallest absolute Gasteiger partial charge is 0.237 e. The maximum Gasteiger partial charge on any atom is 0.237 e. The normalized spacial score (nSPS) is 24.3. The Balaban J connectivity index is 1.48. The van der Waals surface area contributed by atoms with Crippen molar-refractivity contribution < 1.29 is 4.79 Å². The van der Waals surface area contributed by atoms with Gasteiger partial charge in [0.05, 0.1) is 18.8 Å². The monoisotopic (exact) mass is 292 g/mol. The summed E-state index contributed by atoms with van der Waals surface area (Å²) in [5.74, 6) is 0.172. The number of carbonyl (C=O) groups excluding carboxylic acids is 1. The van der Waals surface area contributed by atoms with E-state index < -0.39 is 0 Å². The largest absolute Gasteiger partial charge is 0.353 e. The number of amides is 1. The third kappa shape index (κ3) is 3.59. The summed E-state index contributed by atoms with van der Waals surface area (Å²) in [6.45, 7) is 4.49. The zero-order valence-corrected chi connectivity index (χ0v) is 12.4. The lowest BCUT2D eigenvalue weighted by Gasteiger charge is -2.35. The van der Waals surface area contributed by atoms with Crippen LogP contribution in [0.15, 0.2) is 12.4 Å². The predicted molar refractivity (Wildman–Crippen MR) is 78.7 cm³/mol. The molecule has 0 bridgehead atoms. The number of hydrogen-bond donors (Lipinski definition) is 2. The summed E-state index contributed by atoms with van der Waals surface area (Å²) >= 11 is 0. The average molecular weight is 292 g/mol. The van der Waals surface area contributed by atoms with Crippen LogP contribution in [0, 0.1) is 0 Å². The molecule has 0 radical (unpaired) electrons. The van der Waals surface area contributed by atoms with Gasteiger partial charge in [-0.2, -0.15) is 0 Å². The second-order valence-corrected chi connectivity index (χ2v) is 5.83. The van der Waals surface area contributed by atoms with Crippen molar-refractivity contribution in [2.45, 2.75) is 44.3 Å². The van der Waals surface area contributed by atoms with Gasteiger partial charge in [0.25, 0.3) is 0 Å². The zero-order valence-electron chi connectivity index (χ0n) is 12.4. The fourth-order valence-electron chi connectivity index (χ4n) is 3.41. The number of aromatic nitrogens is 3. The third-order valence-corrected chi connectivity index (χ3v) is 4.49. The minimum absolute atomic E-state index is 0.0591. The Bertz CT molecular complexity index is 442. The molecule has 2 N–H and O–H groups in total. The highest BCUT2D eigenvalue weighted by Crippen LogP contribution is 2.24. The van der Waals surface area contributed by atoms with Crippen LogP contribution >= 0.6 is 0 Å². The summed E-state index contributed by atoms with van der Waals surface area (Å²) < 4.78 is 1.74. The van der Waals surface area contributed by atoms with Gasteiger partial charge in [-0.1, -0.05) is 5.21 Å². The van der Waals surface area contributed by atoms with E-state index in [1.807, 2.05) is 6.20 Å². The Labute approximate surface area is 125 Å². The molecule has 116 valence electrons. The number of rotatable bonds is 5. The van der Waals surface area contributed by atoms with E-state index in [0.29, 0.717) is 19.1 Å². The van der Waals surface area contributed by atoms with E-state index in [4.69, 9.17) is 0 Å². The zero-order chi connectivity index (χ0) is 14.5. The molecular weight excluding hydrogens is 268 g/mol. The topological polar surface area (TPSA) is 75.1 Å². The molecule has 1 aromatic heterocycles. The van der Waals surface area contributed by atoms with E-state index >= 15 is 0 Å². The van der Waals surface area contributed by atoms with Crippen LogP contribution in [-0.2, 0) is 11.3 Å². The van der Waals surface area contributed by atoms with Crippen molar-refractivity contribution in [2.24, 2.45) is 0 Å². The summed E-state index contributed by atoms with van der Waals surface area (Å²) in [7, 11) is 0. The lowest BCUT2D eigenvalue weighted by Crippen LogP contribution is -2.51. The number of likely N-dealkylation sites (tertiary alicyclic amines) is 1. The fourth-order valence-corrected chi connectivity index (χ4v) is 3.41. The maximum absolute atomic E-state index is 12.4. The summed E-state index contributed by atoms with van der Waals surface area (Å²) in [5.41, 5.74) is 0. The van der Waals surface area contributed by atoms with Gasteiger partial charge >= 0.3 is 0 Å². The fraction of sp³-hybridized carbons (Fsp3) is 0.786. The molecule has 2 fully saturated rings. The molecule has 1 amide bonds. The molecule has 0 saturated carbocycles. The van der Waals surface area contributed by atoms with Gasteiger partial charge in [-0.05, 0) is 45.3 Å². The van der Waals surface area contributed by atoms with Gasteiger partial charge < -0.3 is 10.6 Å². The molecule has 2 aliphatic rings. The quantitative estimate of drug-likeness (QED) is 0.773. The number of piperidine rings is 1. The molecule has 21 heavy (non-hydrogen) atoms. The maximum atomic E-state index is 12.4.